The highest BCUT2D eigenvalue weighted by Crippen LogP contribution is 2.35. The number of hydrogen-bond acceptors (Lipinski definition) is 3. The van der Waals surface area contributed by atoms with Crippen molar-refractivity contribution in [2.24, 2.45) is 0 Å². The van der Waals surface area contributed by atoms with Gasteiger partial charge in [0.2, 0.25) is 0 Å². The van der Waals surface area contributed by atoms with E-state index in [0.29, 0.717) is 5.02 Å². The van der Waals surface area contributed by atoms with Gasteiger partial charge in [-0.15, -0.1) is 0 Å². The molecule has 0 saturated carbocycles. The molecule has 102 valence electrons. The van der Waals surface area contributed by atoms with E-state index in [1.807, 2.05) is 30.3 Å². The van der Waals surface area contributed by atoms with E-state index < -0.39 is 6.04 Å². The number of nitrogens with one attached hydrogen (secondary N) is 2. The van der Waals surface area contributed by atoms with Crippen LogP contribution in [-0.2, 0) is 4.79 Å². The molecule has 1 heterocycles. The number of hydrogen-bond donors (Lipinski definition) is 2. The van der Waals surface area contributed by atoms with Crippen molar-refractivity contribution in [1.82, 2.24) is 0 Å². The third-order valence-electron chi connectivity index (χ3n) is 3.23. The summed E-state index contributed by atoms with van der Waals surface area (Å²) in [5, 5.41) is 6.64. The standard InChI is InChI=1S/C15H13ClN2O2/c1-20-11-4-2-3-10(8-11)17-14-12-7-9(16)5-6-13(12)18-15(14)19/h2-8,14,17H,1H3,(H,18,19). The van der Waals surface area contributed by atoms with Gasteiger partial charge in [-0.1, -0.05) is 17.7 Å². The van der Waals surface area contributed by atoms with Crippen LogP contribution in [0.3, 0.4) is 0 Å². The summed E-state index contributed by atoms with van der Waals surface area (Å²) in [6, 6.07) is 12.4. The van der Waals surface area contributed by atoms with Crippen LogP contribution in [0.1, 0.15) is 11.6 Å². The van der Waals surface area contributed by atoms with Crippen LogP contribution in [0.15, 0.2) is 42.5 Å². The van der Waals surface area contributed by atoms with E-state index in [-0.39, 0.29) is 5.91 Å². The van der Waals surface area contributed by atoms with Crippen molar-refractivity contribution in [2.45, 2.75) is 6.04 Å². The van der Waals surface area contributed by atoms with E-state index in [1.165, 1.54) is 0 Å². The average molecular weight is 289 g/mol. The molecule has 2 aromatic rings. The quantitative estimate of drug-likeness (QED) is 0.909. The second kappa shape index (κ2) is 5.06. The lowest BCUT2D eigenvalue weighted by atomic mass is 10.1. The van der Waals surface area contributed by atoms with Gasteiger partial charge in [-0.3, -0.25) is 4.79 Å². The van der Waals surface area contributed by atoms with E-state index in [9.17, 15) is 4.79 Å². The van der Waals surface area contributed by atoms with Crippen LogP contribution in [-0.4, -0.2) is 13.0 Å². The Bertz CT molecular complexity index is 673. The lowest BCUT2D eigenvalue weighted by Gasteiger charge is -2.14. The Balaban J connectivity index is 1.91. The van der Waals surface area contributed by atoms with Crippen LogP contribution in [0.25, 0.3) is 0 Å². The molecular formula is C15H13ClN2O2. The maximum atomic E-state index is 12.1. The summed E-state index contributed by atoms with van der Waals surface area (Å²) in [6.07, 6.45) is 0. The van der Waals surface area contributed by atoms with Crippen molar-refractivity contribution in [3.05, 3.63) is 53.1 Å². The minimum Gasteiger partial charge on any atom is -0.497 e. The van der Waals surface area contributed by atoms with E-state index in [0.717, 1.165) is 22.7 Å². The van der Waals surface area contributed by atoms with Crippen LogP contribution >= 0.6 is 11.6 Å². The Morgan fingerprint density at radius 2 is 2.10 bits per heavy atom. The lowest BCUT2D eigenvalue weighted by Crippen LogP contribution is -2.19. The SMILES string of the molecule is COc1cccc(NC2C(=O)Nc3ccc(Cl)cc32)c1. The summed E-state index contributed by atoms with van der Waals surface area (Å²) in [7, 11) is 1.61. The predicted molar refractivity (Wildman–Crippen MR) is 79.4 cm³/mol. The monoisotopic (exact) mass is 288 g/mol. The first-order valence-corrected chi connectivity index (χ1v) is 6.56. The number of rotatable bonds is 3. The van der Waals surface area contributed by atoms with E-state index in [4.69, 9.17) is 16.3 Å². The van der Waals surface area contributed by atoms with Crippen molar-refractivity contribution in [2.75, 3.05) is 17.7 Å². The minimum absolute atomic E-state index is 0.0925. The van der Waals surface area contributed by atoms with Gasteiger partial charge in [-0.25, -0.2) is 0 Å². The van der Waals surface area contributed by atoms with Crippen LogP contribution in [0.5, 0.6) is 5.75 Å². The fourth-order valence-electron chi connectivity index (χ4n) is 2.26. The van der Waals surface area contributed by atoms with Gasteiger partial charge in [-0.05, 0) is 30.3 Å². The van der Waals surface area contributed by atoms with E-state index in [1.54, 1.807) is 19.2 Å². The molecule has 2 N–H and O–H groups in total. The summed E-state index contributed by atoms with van der Waals surface area (Å²) in [5.41, 5.74) is 2.46. The number of carbonyl (C=O) groups excluding carboxylic acids is 1. The maximum absolute atomic E-state index is 12.1. The Labute approximate surface area is 121 Å². The second-order valence-corrected chi connectivity index (χ2v) is 4.97. The summed E-state index contributed by atoms with van der Waals surface area (Å²) in [5.74, 6) is 0.643. The van der Waals surface area contributed by atoms with E-state index in [2.05, 4.69) is 10.6 Å². The van der Waals surface area contributed by atoms with Gasteiger partial charge in [-0.2, -0.15) is 0 Å². The molecule has 0 aromatic heterocycles. The van der Waals surface area contributed by atoms with Gasteiger partial charge in [0.05, 0.1) is 7.11 Å². The summed E-state index contributed by atoms with van der Waals surface area (Å²) in [4.78, 5) is 12.1. The topological polar surface area (TPSA) is 50.4 Å². The largest absolute Gasteiger partial charge is 0.497 e. The Morgan fingerprint density at radius 3 is 2.90 bits per heavy atom. The first-order chi connectivity index (χ1) is 9.67. The Morgan fingerprint density at radius 1 is 1.25 bits per heavy atom. The van der Waals surface area contributed by atoms with Crippen molar-refractivity contribution in [3.8, 4) is 5.75 Å². The highest BCUT2D eigenvalue weighted by Gasteiger charge is 2.30. The predicted octanol–water partition coefficient (Wildman–Crippen LogP) is 3.45. The number of carbonyl (C=O) groups is 1. The third-order valence-corrected chi connectivity index (χ3v) is 3.46. The third kappa shape index (κ3) is 2.30. The Kier molecular flexibility index (Phi) is 3.24. The van der Waals surface area contributed by atoms with Crippen molar-refractivity contribution in [1.29, 1.82) is 0 Å². The molecule has 3 rings (SSSR count). The van der Waals surface area contributed by atoms with Gasteiger partial charge >= 0.3 is 0 Å². The molecule has 20 heavy (non-hydrogen) atoms. The molecule has 0 fully saturated rings. The van der Waals surface area contributed by atoms with Crippen LogP contribution in [0.2, 0.25) is 5.02 Å². The molecule has 2 aromatic carbocycles. The average Bonchev–Trinajstić information content (AvgIpc) is 2.75. The summed E-state index contributed by atoms with van der Waals surface area (Å²) in [6.45, 7) is 0. The van der Waals surface area contributed by atoms with Crippen molar-refractivity contribution < 1.29 is 9.53 Å². The smallest absolute Gasteiger partial charge is 0.251 e. The fourth-order valence-corrected chi connectivity index (χ4v) is 2.44. The molecule has 4 nitrogen and oxygen atoms in total. The fraction of sp³-hybridized carbons (Fsp3) is 0.133. The molecule has 1 unspecified atom stereocenters. The number of amides is 1. The van der Waals surface area contributed by atoms with Crippen molar-refractivity contribution in [3.63, 3.8) is 0 Å². The second-order valence-electron chi connectivity index (χ2n) is 4.53. The first-order valence-electron chi connectivity index (χ1n) is 6.18. The van der Waals surface area contributed by atoms with Crippen molar-refractivity contribution >= 4 is 28.9 Å². The summed E-state index contributed by atoms with van der Waals surface area (Å²) >= 11 is 6.00. The van der Waals surface area contributed by atoms with Crippen LogP contribution in [0, 0.1) is 0 Å². The molecular weight excluding hydrogens is 276 g/mol. The Hall–Kier alpha value is -2.20. The molecule has 1 aliphatic rings. The first kappa shape index (κ1) is 12.8. The lowest BCUT2D eigenvalue weighted by molar-refractivity contribution is -0.116. The van der Waals surface area contributed by atoms with Gasteiger partial charge < -0.3 is 15.4 Å². The molecule has 5 heteroatoms. The highest BCUT2D eigenvalue weighted by molar-refractivity contribution is 6.31. The highest BCUT2D eigenvalue weighted by atomic mass is 35.5. The molecule has 0 radical (unpaired) electrons. The number of fused-ring (bicyclic) bond motifs is 1. The van der Waals surface area contributed by atoms with Crippen LogP contribution < -0.4 is 15.4 Å². The molecule has 0 aliphatic carbocycles. The van der Waals surface area contributed by atoms with Gasteiger partial charge in [0, 0.05) is 28.0 Å². The van der Waals surface area contributed by atoms with Gasteiger partial charge in [0.25, 0.3) is 5.91 Å². The maximum Gasteiger partial charge on any atom is 0.251 e. The molecule has 0 saturated heterocycles. The minimum atomic E-state index is -0.448. The van der Waals surface area contributed by atoms with Gasteiger partial charge in [0.1, 0.15) is 11.8 Å². The molecule has 1 amide bonds. The molecule has 1 atom stereocenters. The molecule has 0 bridgehead atoms. The normalized spacial score (nSPS) is 16.5. The number of methoxy groups -OCH3 is 1. The van der Waals surface area contributed by atoms with Crippen LogP contribution in [0.4, 0.5) is 11.4 Å². The number of ether oxygens (including phenoxy) is 1. The molecule has 1 aliphatic heterocycles. The number of anilines is 2. The zero-order valence-corrected chi connectivity index (χ0v) is 11.6. The number of halogens is 1. The summed E-state index contributed by atoms with van der Waals surface area (Å²) < 4.78 is 5.17. The number of benzene rings is 2. The zero-order chi connectivity index (χ0) is 14.1. The van der Waals surface area contributed by atoms with Gasteiger partial charge in [0.15, 0.2) is 0 Å². The molecule has 0 spiro atoms. The zero-order valence-electron chi connectivity index (χ0n) is 10.8. The van der Waals surface area contributed by atoms with E-state index >= 15 is 0 Å².